The molecule has 1 saturated carbocycles. The Morgan fingerprint density at radius 1 is 1.48 bits per heavy atom. The Morgan fingerprint density at radius 3 is 2.70 bits per heavy atom. The molecule has 122 valence electrons. The third kappa shape index (κ3) is 3.94. The summed E-state index contributed by atoms with van der Waals surface area (Å²) in [4.78, 5) is 22.2. The standard InChI is InChI=1S/C16H19N3O4/c1-10(11-3-4-11)18-9-12(8-17)14-6-5-13(19(21)22)7-15(14)16(20)23-2/h5-11,17-18H,3-4H2,1-2H3/b12-9+,17-8?. The monoisotopic (exact) mass is 317 g/mol. The van der Waals surface area contributed by atoms with Crippen LogP contribution in [0.2, 0.25) is 0 Å². The Labute approximate surface area is 134 Å². The molecule has 7 nitrogen and oxygen atoms in total. The molecule has 0 heterocycles. The van der Waals surface area contributed by atoms with E-state index < -0.39 is 10.9 Å². The summed E-state index contributed by atoms with van der Waals surface area (Å²) < 4.78 is 4.70. The number of nitro groups is 1. The lowest BCUT2D eigenvalue weighted by Gasteiger charge is -2.13. The number of methoxy groups -OCH3 is 1. The minimum Gasteiger partial charge on any atom is -0.465 e. The first kappa shape index (κ1) is 16.7. The fourth-order valence-corrected chi connectivity index (χ4v) is 2.33. The summed E-state index contributed by atoms with van der Waals surface area (Å²) in [6.07, 6.45) is 5.16. The number of rotatable bonds is 7. The van der Waals surface area contributed by atoms with Crippen LogP contribution in [-0.4, -0.2) is 30.3 Å². The van der Waals surface area contributed by atoms with Gasteiger partial charge in [0.05, 0.1) is 17.6 Å². The van der Waals surface area contributed by atoms with Crippen molar-refractivity contribution in [1.29, 1.82) is 5.41 Å². The second kappa shape index (κ2) is 7.04. The molecule has 23 heavy (non-hydrogen) atoms. The molecule has 2 N–H and O–H groups in total. The van der Waals surface area contributed by atoms with Gasteiger partial charge in [0.15, 0.2) is 0 Å². The number of nitrogens with zero attached hydrogens (tertiary/aromatic N) is 1. The predicted octanol–water partition coefficient (Wildman–Crippen LogP) is 2.76. The van der Waals surface area contributed by atoms with E-state index in [1.807, 2.05) is 0 Å². The smallest absolute Gasteiger partial charge is 0.338 e. The zero-order chi connectivity index (χ0) is 17.0. The van der Waals surface area contributed by atoms with Gasteiger partial charge in [-0.1, -0.05) is 0 Å². The molecular formula is C16H19N3O4. The number of benzene rings is 1. The molecular weight excluding hydrogens is 298 g/mol. The molecule has 1 atom stereocenters. The Hall–Kier alpha value is -2.70. The summed E-state index contributed by atoms with van der Waals surface area (Å²) in [7, 11) is 1.21. The van der Waals surface area contributed by atoms with Crippen molar-refractivity contribution in [3.05, 3.63) is 45.6 Å². The van der Waals surface area contributed by atoms with Crippen LogP contribution in [0.25, 0.3) is 5.57 Å². The molecule has 0 spiro atoms. The SMILES string of the molecule is COC(=O)c1cc([N+](=O)[O-])ccc1/C(C=N)=C/NC(C)C1CC1. The van der Waals surface area contributed by atoms with Gasteiger partial charge in [0.2, 0.25) is 0 Å². The summed E-state index contributed by atoms with van der Waals surface area (Å²) in [5, 5.41) is 21.7. The highest BCUT2D eigenvalue weighted by atomic mass is 16.6. The normalized spacial score (nSPS) is 15.7. The molecule has 1 aliphatic carbocycles. The molecule has 0 aromatic heterocycles. The van der Waals surface area contributed by atoms with Gasteiger partial charge in [-0.15, -0.1) is 0 Å². The van der Waals surface area contributed by atoms with Gasteiger partial charge in [0.1, 0.15) is 0 Å². The van der Waals surface area contributed by atoms with E-state index in [4.69, 9.17) is 10.1 Å². The third-order valence-electron chi connectivity index (χ3n) is 3.92. The molecule has 0 saturated heterocycles. The van der Waals surface area contributed by atoms with Crippen LogP contribution in [0.3, 0.4) is 0 Å². The molecule has 1 aromatic carbocycles. The molecule has 1 unspecified atom stereocenters. The quantitative estimate of drug-likeness (QED) is 0.348. The summed E-state index contributed by atoms with van der Waals surface area (Å²) in [6, 6.07) is 4.22. The lowest BCUT2D eigenvalue weighted by atomic mass is 10.00. The van der Waals surface area contributed by atoms with E-state index in [-0.39, 0.29) is 17.3 Å². The average molecular weight is 317 g/mol. The minimum absolute atomic E-state index is 0.0670. The van der Waals surface area contributed by atoms with Crippen molar-refractivity contribution >= 4 is 23.4 Å². The van der Waals surface area contributed by atoms with E-state index >= 15 is 0 Å². The Bertz CT molecular complexity index is 665. The molecule has 2 rings (SSSR count). The summed E-state index contributed by atoms with van der Waals surface area (Å²) in [5.41, 5.74) is 0.760. The fraction of sp³-hybridized carbons (Fsp3) is 0.375. The maximum atomic E-state index is 11.9. The number of nitro benzene ring substituents is 1. The largest absolute Gasteiger partial charge is 0.465 e. The molecule has 7 heteroatoms. The first-order valence-corrected chi connectivity index (χ1v) is 7.31. The predicted molar refractivity (Wildman–Crippen MR) is 86.5 cm³/mol. The van der Waals surface area contributed by atoms with Crippen LogP contribution in [0.1, 0.15) is 35.7 Å². The second-order valence-corrected chi connectivity index (χ2v) is 5.52. The lowest BCUT2D eigenvalue weighted by molar-refractivity contribution is -0.384. The molecule has 1 aromatic rings. The van der Waals surface area contributed by atoms with E-state index in [1.165, 1.54) is 38.2 Å². The summed E-state index contributed by atoms with van der Waals surface area (Å²) >= 11 is 0. The number of hydrogen-bond donors (Lipinski definition) is 2. The van der Waals surface area contributed by atoms with Gasteiger partial charge in [-0.05, 0) is 37.3 Å². The number of esters is 1. The van der Waals surface area contributed by atoms with Crippen LogP contribution < -0.4 is 5.32 Å². The summed E-state index contributed by atoms with van der Waals surface area (Å²) in [6.45, 7) is 2.06. The maximum Gasteiger partial charge on any atom is 0.338 e. The van der Waals surface area contributed by atoms with Gasteiger partial charge in [-0.3, -0.25) is 10.1 Å². The topological polar surface area (TPSA) is 105 Å². The third-order valence-corrected chi connectivity index (χ3v) is 3.92. The number of ether oxygens (including phenoxy) is 1. The van der Waals surface area contributed by atoms with Gasteiger partial charge < -0.3 is 15.5 Å². The van der Waals surface area contributed by atoms with Crippen LogP contribution in [0.15, 0.2) is 24.4 Å². The van der Waals surface area contributed by atoms with Crippen molar-refractivity contribution in [3.8, 4) is 0 Å². The number of non-ortho nitro benzene ring substituents is 1. The van der Waals surface area contributed by atoms with Gasteiger partial charge in [-0.25, -0.2) is 4.79 Å². The second-order valence-electron chi connectivity index (χ2n) is 5.52. The Kier molecular flexibility index (Phi) is 5.10. The van der Waals surface area contributed by atoms with Crippen molar-refractivity contribution in [3.63, 3.8) is 0 Å². The van der Waals surface area contributed by atoms with E-state index in [0.29, 0.717) is 17.1 Å². The minimum atomic E-state index is -0.674. The molecule has 0 radical (unpaired) electrons. The zero-order valence-corrected chi connectivity index (χ0v) is 13.0. The van der Waals surface area contributed by atoms with Crippen molar-refractivity contribution in [1.82, 2.24) is 5.32 Å². The summed E-state index contributed by atoms with van der Waals surface area (Å²) in [5.74, 6) is -0.0399. The number of carbonyl (C=O) groups excluding carboxylic acids is 1. The highest BCUT2D eigenvalue weighted by Gasteiger charge is 2.27. The number of carbonyl (C=O) groups is 1. The van der Waals surface area contributed by atoms with Crippen LogP contribution in [0.5, 0.6) is 0 Å². The van der Waals surface area contributed by atoms with E-state index in [9.17, 15) is 14.9 Å². The van der Waals surface area contributed by atoms with Crippen molar-refractivity contribution in [2.45, 2.75) is 25.8 Å². The molecule has 0 bridgehead atoms. The van der Waals surface area contributed by atoms with Crippen molar-refractivity contribution in [2.75, 3.05) is 7.11 Å². The molecule has 0 amide bonds. The number of hydrogen-bond acceptors (Lipinski definition) is 6. The van der Waals surface area contributed by atoms with E-state index in [0.717, 1.165) is 6.21 Å². The van der Waals surface area contributed by atoms with Crippen LogP contribution >= 0.6 is 0 Å². The van der Waals surface area contributed by atoms with Gasteiger partial charge in [-0.2, -0.15) is 0 Å². The van der Waals surface area contributed by atoms with Crippen molar-refractivity contribution < 1.29 is 14.5 Å². The highest BCUT2D eigenvalue weighted by molar-refractivity contribution is 6.12. The Balaban J connectivity index is 2.37. The maximum absolute atomic E-state index is 11.9. The van der Waals surface area contributed by atoms with Crippen LogP contribution in [0, 0.1) is 21.4 Å². The van der Waals surface area contributed by atoms with Gasteiger partial charge >= 0.3 is 5.97 Å². The van der Waals surface area contributed by atoms with Crippen molar-refractivity contribution in [2.24, 2.45) is 5.92 Å². The average Bonchev–Trinajstić information content (AvgIpc) is 3.39. The first-order valence-electron chi connectivity index (χ1n) is 7.31. The fourth-order valence-electron chi connectivity index (χ4n) is 2.33. The first-order chi connectivity index (χ1) is 11.0. The zero-order valence-electron chi connectivity index (χ0n) is 13.0. The molecule has 1 aliphatic rings. The Morgan fingerprint density at radius 2 is 2.17 bits per heavy atom. The highest BCUT2D eigenvalue weighted by Crippen LogP contribution is 2.32. The van der Waals surface area contributed by atoms with Gasteiger partial charge in [0, 0.05) is 36.2 Å². The van der Waals surface area contributed by atoms with Crippen LogP contribution in [0.4, 0.5) is 5.69 Å². The molecule has 1 fully saturated rings. The van der Waals surface area contributed by atoms with E-state index in [1.54, 1.807) is 6.20 Å². The lowest BCUT2D eigenvalue weighted by Crippen LogP contribution is -2.23. The van der Waals surface area contributed by atoms with Gasteiger partial charge in [0.25, 0.3) is 5.69 Å². The molecule has 0 aliphatic heterocycles. The number of allylic oxidation sites excluding steroid dienone is 1. The van der Waals surface area contributed by atoms with Crippen LogP contribution in [-0.2, 0) is 4.74 Å². The van der Waals surface area contributed by atoms with E-state index in [2.05, 4.69) is 12.2 Å². The number of nitrogens with one attached hydrogen (secondary N) is 2.